The van der Waals surface area contributed by atoms with Gasteiger partial charge in [-0.05, 0) is 49.2 Å². The third-order valence-corrected chi connectivity index (χ3v) is 3.51. The van der Waals surface area contributed by atoms with Gasteiger partial charge in [-0.3, -0.25) is 4.52 Å². The summed E-state index contributed by atoms with van der Waals surface area (Å²) in [5.74, 6) is 1.50. The minimum absolute atomic E-state index is 0.751. The van der Waals surface area contributed by atoms with E-state index in [9.17, 15) is 0 Å². The lowest BCUT2D eigenvalue weighted by Gasteiger charge is -2.16. The minimum Gasteiger partial charge on any atom is -0.418 e. The van der Waals surface area contributed by atoms with Crippen molar-refractivity contribution in [3.63, 3.8) is 0 Å². The van der Waals surface area contributed by atoms with Crippen LogP contribution in [0.1, 0.15) is 11.1 Å². The third kappa shape index (κ3) is 4.23. The molecule has 0 aliphatic rings. The number of hydrogen-bond acceptors (Lipinski definition) is 3. The van der Waals surface area contributed by atoms with Crippen molar-refractivity contribution in [2.24, 2.45) is 0 Å². The fourth-order valence-corrected chi connectivity index (χ4v) is 2.37. The van der Waals surface area contributed by atoms with E-state index < -0.39 is 8.60 Å². The van der Waals surface area contributed by atoms with Crippen molar-refractivity contribution in [3.05, 3.63) is 59.7 Å². The van der Waals surface area contributed by atoms with Crippen LogP contribution in [-0.4, -0.2) is 7.11 Å². The molecule has 0 aliphatic heterocycles. The smallest absolute Gasteiger partial charge is 0.418 e. The van der Waals surface area contributed by atoms with Crippen LogP contribution in [0.15, 0.2) is 48.5 Å². The van der Waals surface area contributed by atoms with Crippen LogP contribution in [0.4, 0.5) is 0 Å². The first kappa shape index (κ1) is 13.9. The predicted molar refractivity (Wildman–Crippen MR) is 77.5 cm³/mol. The average Bonchev–Trinajstić information content (AvgIpc) is 2.38. The van der Waals surface area contributed by atoms with Crippen molar-refractivity contribution >= 4 is 8.60 Å². The Morgan fingerprint density at radius 2 is 1.26 bits per heavy atom. The molecule has 0 spiro atoms. The van der Waals surface area contributed by atoms with Crippen molar-refractivity contribution in [2.75, 3.05) is 7.11 Å². The standard InChI is InChI=1S/C15H17O3P/c1-12-6-4-8-14(10-12)17-19(16-3)18-15-9-5-7-13(2)11-15/h4-11H,1-3H3. The Kier molecular flexibility index (Phi) is 4.78. The quantitative estimate of drug-likeness (QED) is 0.745. The molecule has 2 aromatic carbocycles. The lowest BCUT2D eigenvalue weighted by atomic mass is 10.2. The van der Waals surface area contributed by atoms with Gasteiger partial charge in [0.25, 0.3) is 0 Å². The monoisotopic (exact) mass is 276 g/mol. The van der Waals surface area contributed by atoms with Crippen LogP contribution in [0.2, 0.25) is 0 Å². The normalized spacial score (nSPS) is 10.5. The maximum absolute atomic E-state index is 5.71. The average molecular weight is 276 g/mol. The summed E-state index contributed by atoms with van der Waals surface area (Å²) in [6, 6.07) is 15.6. The summed E-state index contributed by atoms with van der Waals surface area (Å²) in [6.07, 6.45) is 0. The van der Waals surface area contributed by atoms with E-state index in [1.807, 2.05) is 62.4 Å². The Labute approximate surface area is 115 Å². The number of benzene rings is 2. The van der Waals surface area contributed by atoms with Gasteiger partial charge in [0.1, 0.15) is 11.5 Å². The molecule has 0 atom stereocenters. The maximum atomic E-state index is 5.71. The van der Waals surface area contributed by atoms with E-state index in [0.717, 1.165) is 22.6 Å². The van der Waals surface area contributed by atoms with Gasteiger partial charge in [-0.2, -0.15) is 0 Å². The van der Waals surface area contributed by atoms with Gasteiger partial charge in [0.2, 0.25) is 0 Å². The zero-order chi connectivity index (χ0) is 13.7. The van der Waals surface area contributed by atoms with E-state index in [1.54, 1.807) is 7.11 Å². The van der Waals surface area contributed by atoms with Gasteiger partial charge in [-0.15, -0.1) is 0 Å². The fraction of sp³-hybridized carbons (Fsp3) is 0.200. The van der Waals surface area contributed by atoms with E-state index in [0.29, 0.717) is 0 Å². The van der Waals surface area contributed by atoms with Crippen LogP contribution < -0.4 is 9.05 Å². The Balaban J connectivity index is 2.04. The first-order valence-corrected chi connectivity index (χ1v) is 7.10. The fourth-order valence-electron chi connectivity index (χ4n) is 1.61. The number of rotatable bonds is 5. The molecule has 0 aromatic heterocycles. The van der Waals surface area contributed by atoms with Crippen LogP contribution in [0.3, 0.4) is 0 Å². The summed E-state index contributed by atoms with van der Waals surface area (Å²) in [6.45, 7) is 4.03. The highest BCUT2D eigenvalue weighted by molar-refractivity contribution is 7.42. The van der Waals surface area contributed by atoms with E-state index in [2.05, 4.69) is 0 Å². The SMILES string of the molecule is COP(Oc1cccc(C)c1)Oc1cccc(C)c1. The highest BCUT2D eigenvalue weighted by Crippen LogP contribution is 2.40. The number of aryl methyl sites for hydroxylation is 2. The molecule has 2 aromatic rings. The maximum Gasteiger partial charge on any atom is 0.462 e. The van der Waals surface area contributed by atoms with Crippen LogP contribution in [-0.2, 0) is 4.52 Å². The Bertz CT molecular complexity index is 495. The van der Waals surface area contributed by atoms with Gasteiger partial charge >= 0.3 is 8.60 Å². The van der Waals surface area contributed by atoms with Crippen molar-refractivity contribution in [3.8, 4) is 11.5 Å². The van der Waals surface area contributed by atoms with Crippen molar-refractivity contribution in [1.82, 2.24) is 0 Å². The molecule has 2 rings (SSSR count). The molecule has 0 heterocycles. The van der Waals surface area contributed by atoms with Gasteiger partial charge in [0.15, 0.2) is 0 Å². The molecule has 0 unspecified atom stereocenters. The van der Waals surface area contributed by atoms with Crippen molar-refractivity contribution in [2.45, 2.75) is 13.8 Å². The van der Waals surface area contributed by atoms with Crippen LogP contribution in [0, 0.1) is 13.8 Å². The molecule has 19 heavy (non-hydrogen) atoms. The highest BCUT2D eigenvalue weighted by Gasteiger charge is 2.15. The van der Waals surface area contributed by atoms with Crippen molar-refractivity contribution in [1.29, 1.82) is 0 Å². The lowest BCUT2D eigenvalue weighted by molar-refractivity contribution is 0.323. The van der Waals surface area contributed by atoms with Gasteiger partial charge in [0, 0.05) is 7.11 Å². The first-order valence-electron chi connectivity index (χ1n) is 6.01. The lowest BCUT2D eigenvalue weighted by Crippen LogP contribution is -1.97. The summed E-state index contributed by atoms with van der Waals surface area (Å²) in [5.41, 5.74) is 2.28. The molecular formula is C15H17O3P. The molecule has 100 valence electrons. The van der Waals surface area contributed by atoms with E-state index in [4.69, 9.17) is 13.6 Å². The third-order valence-electron chi connectivity index (χ3n) is 2.49. The molecule has 4 heteroatoms. The molecule has 0 N–H and O–H groups in total. The summed E-state index contributed by atoms with van der Waals surface area (Å²) < 4.78 is 16.7. The van der Waals surface area contributed by atoms with Gasteiger partial charge in [-0.25, -0.2) is 0 Å². The molecule has 0 radical (unpaired) electrons. The Hall–Kier alpha value is -1.57. The van der Waals surface area contributed by atoms with E-state index in [-0.39, 0.29) is 0 Å². The van der Waals surface area contributed by atoms with E-state index >= 15 is 0 Å². The summed E-state index contributed by atoms with van der Waals surface area (Å²) in [5, 5.41) is 0. The molecule has 0 bridgehead atoms. The zero-order valence-electron chi connectivity index (χ0n) is 11.3. The number of hydrogen-bond donors (Lipinski definition) is 0. The van der Waals surface area contributed by atoms with Crippen LogP contribution in [0.5, 0.6) is 11.5 Å². The largest absolute Gasteiger partial charge is 0.462 e. The van der Waals surface area contributed by atoms with Crippen molar-refractivity contribution < 1.29 is 13.6 Å². The molecule has 0 saturated heterocycles. The van der Waals surface area contributed by atoms with Crippen LogP contribution >= 0.6 is 8.60 Å². The Morgan fingerprint density at radius 3 is 1.63 bits per heavy atom. The molecule has 3 nitrogen and oxygen atoms in total. The van der Waals surface area contributed by atoms with Gasteiger partial charge in [-0.1, -0.05) is 24.3 Å². The minimum atomic E-state index is -1.44. The second-order valence-electron chi connectivity index (χ2n) is 4.22. The predicted octanol–water partition coefficient (Wildman–Crippen LogP) is 4.63. The molecule has 0 amide bonds. The topological polar surface area (TPSA) is 27.7 Å². The van der Waals surface area contributed by atoms with E-state index in [1.165, 1.54) is 0 Å². The molecule has 0 aliphatic carbocycles. The van der Waals surface area contributed by atoms with Gasteiger partial charge < -0.3 is 9.05 Å². The second kappa shape index (κ2) is 6.55. The summed E-state index contributed by atoms with van der Waals surface area (Å²) >= 11 is 0. The zero-order valence-corrected chi connectivity index (χ0v) is 12.2. The summed E-state index contributed by atoms with van der Waals surface area (Å²) in [7, 11) is 0.145. The molecular weight excluding hydrogens is 259 g/mol. The Morgan fingerprint density at radius 1 is 0.789 bits per heavy atom. The summed E-state index contributed by atoms with van der Waals surface area (Å²) in [4.78, 5) is 0. The second-order valence-corrected chi connectivity index (χ2v) is 5.40. The molecule has 0 fully saturated rings. The first-order chi connectivity index (χ1) is 9.17. The molecule has 0 saturated carbocycles. The highest BCUT2D eigenvalue weighted by atomic mass is 31.2. The van der Waals surface area contributed by atoms with Gasteiger partial charge in [0.05, 0.1) is 0 Å². The van der Waals surface area contributed by atoms with Crippen LogP contribution in [0.25, 0.3) is 0 Å².